The van der Waals surface area contributed by atoms with Crippen LogP contribution in [0.3, 0.4) is 0 Å². The van der Waals surface area contributed by atoms with Gasteiger partial charge < -0.3 is 31.8 Å². The minimum Gasteiger partial charge on any atom is -0.443 e. The van der Waals surface area contributed by atoms with Crippen molar-refractivity contribution in [3.8, 4) is 22.5 Å². The van der Waals surface area contributed by atoms with E-state index >= 15 is 0 Å². The molecule has 2 aliphatic carbocycles. The number of H-pyrrole nitrogens is 1. The summed E-state index contributed by atoms with van der Waals surface area (Å²) in [6.07, 6.45) is 15.9. The van der Waals surface area contributed by atoms with E-state index in [-0.39, 0.29) is 30.2 Å². The van der Waals surface area contributed by atoms with E-state index in [1.165, 1.54) is 62.1 Å². The number of imidazole rings is 2. The van der Waals surface area contributed by atoms with E-state index in [9.17, 15) is 14.4 Å². The van der Waals surface area contributed by atoms with Crippen molar-refractivity contribution in [2.45, 2.75) is 103 Å². The van der Waals surface area contributed by atoms with E-state index < -0.39 is 11.7 Å². The largest absolute Gasteiger partial charge is 0.443 e. The summed E-state index contributed by atoms with van der Waals surface area (Å²) in [4.78, 5) is 48.0. The quantitative estimate of drug-likeness (QED) is 0.107. The predicted molar refractivity (Wildman–Crippen MR) is 209 cm³/mol. The number of hydrogen-bond donors (Lipinski definition) is 5. The second-order valence-corrected chi connectivity index (χ2v) is 14.6. The third-order valence-electron chi connectivity index (χ3n) is 9.37. The Morgan fingerprint density at radius 1 is 0.808 bits per heavy atom. The number of rotatable bonds is 10. The van der Waals surface area contributed by atoms with Gasteiger partial charge in [-0.1, -0.05) is 75.6 Å². The molecule has 0 atom stereocenters. The molecule has 2 aliphatic rings. The molecule has 0 spiro atoms. The number of carbonyl (C=O) groups excluding carboxylic acids is 3. The lowest BCUT2D eigenvalue weighted by molar-refractivity contribution is -0.117. The third kappa shape index (κ3) is 11.9. The predicted octanol–water partition coefficient (Wildman–Crippen LogP) is 8.81. The van der Waals surface area contributed by atoms with E-state index in [2.05, 4.69) is 25.6 Å². The fourth-order valence-electron chi connectivity index (χ4n) is 6.79. The fraction of sp³-hybridized carbons (Fsp3) is 0.462. The number of halogens is 1. The SMILES string of the molecule is CC(C)(C)OC(=O)n1c(-c2cccc(NC(=O)CCC3CCCC3)c2)cnc1N.Cl.Nc1ncc(-c2cccc(NC(=O)CCC3CCCC3)c2)[nH]1. The summed E-state index contributed by atoms with van der Waals surface area (Å²) in [5, 5.41) is 5.93. The molecule has 7 N–H and O–H groups in total. The summed E-state index contributed by atoms with van der Waals surface area (Å²) in [6, 6.07) is 15.0. The molecule has 0 radical (unpaired) electrons. The monoisotopic (exact) mass is 732 g/mol. The van der Waals surface area contributed by atoms with Crippen LogP contribution >= 0.6 is 12.4 Å². The first-order chi connectivity index (χ1) is 24.4. The zero-order chi connectivity index (χ0) is 36.4. The van der Waals surface area contributed by atoms with Gasteiger partial charge in [0.15, 0.2) is 5.95 Å². The van der Waals surface area contributed by atoms with Gasteiger partial charge in [-0.2, -0.15) is 0 Å². The topological polar surface area (TPSA) is 183 Å². The maximum absolute atomic E-state index is 12.6. The standard InChI is InChI=1S/C22H30N4O3.C17H22N4O.ClH/c1-22(2,3)29-21(28)26-18(14-24-20(26)23)16-9-6-10-17(13-16)25-19(27)12-11-15-7-4-5-8-15;18-17-19-11-15(21-17)13-6-3-7-14(10-13)20-16(22)9-8-12-4-1-2-5-12;/h6,9-10,13-15H,4-5,7-8,11-12H2,1-3H3,(H2,23,24)(H,25,27);3,6-7,10-12H,1-2,4-5,8-9H2,(H,20,22)(H3,18,19,21);1H. The third-order valence-corrected chi connectivity index (χ3v) is 9.37. The number of aromatic nitrogens is 4. The van der Waals surface area contributed by atoms with Crippen LogP contribution in [-0.4, -0.2) is 43.0 Å². The average molecular weight is 733 g/mol. The van der Waals surface area contributed by atoms with Crippen LogP contribution in [0, 0.1) is 11.8 Å². The lowest BCUT2D eigenvalue weighted by Gasteiger charge is -2.20. The van der Waals surface area contributed by atoms with Crippen molar-refractivity contribution < 1.29 is 19.1 Å². The Balaban J connectivity index is 0.000000236. The normalized spacial score (nSPS) is 14.6. The zero-order valence-corrected chi connectivity index (χ0v) is 31.3. The molecule has 52 heavy (non-hydrogen) atoms. The first kappa shape index (κ1) is 39.9. The molecular formula is C39H53ClN8O4. The van der Waals surface area contributed by atoms with Gasteiger partial charge in [-0.05, 0) is 69.7 Å². The minimum absolute atomic E-state index is 0. The first-order valence-corrected chi connectivity index (χ1v) is 18.1. The maximum atomic E-state index is 12.6. The highest BCUT2D eigenvalue weighted by molar-refractivity contribution is 5.92. The number of nitrogen functional groups attached to an aromatic ring is 2. The first-order valence-electron chi connectivity index (χ1n) is 18.1. The number of ether oxygens (including phenoxy) is 1. The number of aromatic amines is 1. The molecule has 0 bridgehead atoms. The number of anilines is 4. The highest BCUT2D eigenvalue weighted by atomic mass is 35.5. The van der Waals surface area contributed by atoms with Gasteiger partial charge in [0.25, 0.3) is 0 Å². The second kappa shape index (κ2) is 18.6. The average Bonchev–Trinajstić information content (AvgIpc) is 3.92. The van der Waals surface area contributed by atoms with Crippen molar-refractivity contribution in [1.29, 1.82) is 0 Å². The summed E-state index contributed by atoms with van der Waals surface area (Å²) in [7, 11) is 0. The summed E-state index contributed by atoms with van der Waals surface area (Å²) < 4.78 is 6.68. The minimum atomic E-state index is -0.653. The van der Waals surface area contributed by atoms with Gasteiger partial charge in [-0.3, -0.25) is 9.59 Å². The van der Waals surface area contributed by atoms with Crippen molar-refractivity contribution in [2.75, 3.05) is 22.1 Å². The van der Waals surface area contributed by atoms with Crippen molar-refractivity contribution in [2.24, 2.45) is 11.8 Å². The van der Waals surface area contributed by atoms with Gasteiger partial charge in [0.2, 0.25) is 17.8 Å². The maximum Gasteiger partial charge on any atom is 0.421 e. The van der Waals surface area contributed by atoms with Crippen molar-refractivity contribution in [3.05, 3.63) is 60.9 Å². The molecule has 0 aliphatic heterocycles. The Morgan fingerprint density at radius 3 is 1.83 bits per heavy atom. The number of nitrogens with zero attached hydrogens (tertiary/aromatic N) is 3. The number of nitrogens with two attached hydrogens (primary N) is 2. The van der Waals surface area contributed by atoms with Gasteiger partial charge in [0.05, 0.1) is 23.8 Å². The molecule has 4 aromatic rings. The molecule has 2 fully saturated rings. The molecule has 280 valence electrons. The molecule has 6 rings (SSSR count). The van der Waals surface area contributed by atoms with Gasteiger partial charge in [-0.25, -0.2) is 19.3 Å². The zero-order valence-electron chi connectivity index (χ0n) is 30.5. The number of hydrogen-bond acceptors (Lipinski definition) is 8. The summed E-state index contributed by atoms with van der Waals surface area (Å²) in [5.41, 5.74) is 15.4. The molecule has 13 heteroatoms. The Labute approximate surface area is 312 Å². The van der Waals surface area contributed by atoms with E-state index in [1.807, 2.05) is 48.5 Å². The molecular weight excluding hydrogens is 680 g/mol. The Morgan fingerprint density at radius 2 is 1.33 bits per heavy atom. The fourth-order valence-corrected chi connectivity index (χ4v) is 6.79. The Hall–Kier alpha value is -4.84. The Bertz CT molecular complexity index is 1780. The van der Waals surface area contributed by atoms with E-state index in [4.69, 9.17) is 16.2 Å². The summed E-state index contributed by atoms with van der Waals surface area (Å²) in [5.74, 6) is 1.96. The molecule has 0 unspecified atom stereocenters. The van der Waals surface area contributed by atoms with Crippen molar-refractivity contribution in [3.63, 3.8) is 0 Å². The van der Waals surface area contributed by atoms with Crippen LogP contribution in [0.4, 0.5) is 28.1 Å². The highest BCUT2D eigenvalue weighted by Gasteiger charge is 2.23. The van der Waals surface area contributed by atoms with Gasteiger partial charge in [0.1, 0.15) is 5.60 Å². The van der Waals surface area contributed by atoms with Crippen LogP contribution in [-0.2, 0) is 14.3 Å². The molecule has 2 heterocycles. The lowest BCUT2D eigenvalue weighted by Crippen LogP contribution is -2.28. The smallest absolute Gasteiger partial charge is 0.421 e. The van der Waals surface area contributed by atoms with Crippen LogP contribution in [0.5, 0.6) is 0 Å². The number of benzene rings is 2. The number of amides is 2. The van der Waals surface area contributed by atoms with Gasteiger partial charge >= 0.3 is 6.09 Å². The van der Waals surface area contributed by atoms with E-state index in [0.717, 1.165) is 35.7 Å². The summed E-state index contributed by atoms with van der Waals surface area (Å²) in [6.45, 7) is 5.37. The second-order valence-electron chi connectivity index (χ2n) is 14.6. The molecule has 2 amide bonds. The van der Waals surface area contributed by atoms with E-state index in [1.54, 1.807) is 27.0 Å². The lowest BCUT2D eigenvalue weighted by atomic mass is 10.0. The highest BCUT2D eigenvalue weighted by Crippen LogP contribution is 2.30. The number of nitrogens with one attached hydrogen (secondary N) is 3. The van der Waals surface area contributed by atoms with Crippen LogP contribution in [0.15, 0.2) is 60.9 Å². The molecule has 2 aromatic heterocycles. The van der Waals surface area contributed by atoms with Crippen LogP contribution in [0.1, 0.15) is 97.8 Å². The van der Waals surface area contributed by atoms with Crippen molar-refractivity contribution in [1.82, 2.24) is 19.5 Å². The van der Waals surface area contributed by atoms with Gasteiger partial charge in [-0.15, -0.1) is 12.4 Å². The Kier molecular flexibility index (Phi) is 14.3. The van der Waals surface area contributed by atoms with Gasteiger partial charge in [0, 0.05) is 35.3 Å². The van der Waals surface area contributed by atoms with Crippen molar-refractivity contribution >= 4 is 53.6 Å². The van der Waals surface area contributed by atoms with Crippen LogP contribution < -0.4 is 22.1 Å². The molecule has 0 saturated heterocycles. The molecule has 2 saturated carbocycles. The van der Waals surface area contributed by atoms with Crippen LogP contribution in [0.2, 0.25) is 0 Å². The number of carbonyl (C=O) groups is 3. The van der Waals surface area contributed by atoms with E-state index in [0.29, 0.717) is 41.7 Å². The van der Waals surface area contributed by atoms with Crippen LogP contribution in [0.25, 0.3) is 22.5 Å². The molecule has 12 nitrogen and oxygen atoms in total. The summed E-state index contributed by atoms with van der Waals surface area (Å²) >= 11 is 0. The molecule has 2 aromatic carbocycles.